The van der Waals surface area contributed by atoms with E-state index in [9.17, 15) is 0 Å². The summed E-state index contributed by atoms with van der Waals surface area (Å²) in [6.45, 7) is 3.64. The fourth-order valence-corrected chi connectivity index (χ4v) is 1.16. The first-order valence-corrected chi connectivity index (χ1v) is 4.32. The van der Waals surface area contributed by atoms with Crippen LogP contribution >= 0.6 is 12.4 Å². The number of benzene rings is 1. The Bertz CT molecular complexity index is 306. The summed E-state index contributed by atoms with van der Waals surface area (Å²) < 4.78 is 10.2. The van der Waals surface area contributed by atoms with Crippen molar-refractivity contribution < 1.29 is 9.47 Å². The van der Waals surface area contributed by atoms with Gasteiger partial charge in [-0.3, -0.25) is 0 Å². The molecular formula is C11H16ClNO2. The van der Waals surface area contributed by atoms with E-state index in [0.717, 1.165) is 17.1 Å². The summed E-state index contributed by atoms with van der Waals surface area (Å²) in [7, 11) is 3.22. The molecule has 0 saturated heterocycles. The van der Waals surface area contributed by atoms with E-state index >= 15 is 0 Å². The molecule has 1 atom stereocenters. The van der Waals surface area contributed by atoms with Crippen molar-refractivity contribution in [2.45, 2.75) is 6.04 Å². The average Bonchev–Trinajstić information content (AvgIpc) is 2.27. The van der Waals surface area contributed by atoms with Gasteiger partial charge in [-0.2, -0.15) is 0 Å². The van der Waals surface area contributed by atoms with E-state index in [-0.39, 0.29) is 18.4 Å². The van der Waals surface area contributed by atoms with Gasteiger partial charge in [-0.1, -0.05) is 6.08 Å². The van der Waals surface area contributed by atoms with Gasteiger partial charge in [-0.05, 0) is 17.7 Å². The molecule has 0 unspecified atom stereocenters. The standard InChI is InChI=1S/C11H15NO2.ClH/c1-4-11(12)8-5-9(13-2)7-10(6-8)14-3;/h4-7,11H,1,12H2,2-3H3;1H/t11-;/m1./s1. The molecule has 3 nitrogen and oxygen atoms in total. The zero-order valence-electron chi connectivity index (χ0n) is 8.90. The van der Waals surface area contributed by atoms with E-state index in [4.69, 9.17) is 15.2 Å². The van der Waals surface area contributed by atoms with Crippen LogP contribution in [0.5, 0.6) is 11.5 Å². The van der Waals surface area contributed by atoms with E-state index < -0.39 is 0 Å². The molecule has 15 heavy (non-hydrogen) atoms. The van der Waals surface area contributed by atoms with E-state index in [1.807, 2.05) is 12.1 Å². The molecule has 1 aromatic carbocycles. The topological polar surface area (TPSA) is 44.5 Å². The van der Waals surface area contributed by atoms with Crippen molar-refractivity contribution in [3.05, 3.63) is 36.4 Å². The molecule has 0 heterocycles. The number of methoxy groups -OCH3 is 2. The highest BCUT2D eigenvalue weighted by atomic mass is 35.5. The van der Waals surface area contributed by atoms with Crippen LogP contribution in [-0.2, 0) is 0 Å². The summed E-state index contributed by atoms with van der Waals surface area (Å²) in [4.78, 5) is 0. The fourth-order valence-electron chi connectivity index (χ4n) is 1.16. The van der Waals surface area contributed by atoms with Gasteiger partial charge in [0, 0.05) is 12.1 Å². The molecule has 4 heteroatoms. The molecular weight excluding hydrogens is 214 g/mol. The maximum atomic E-state index is 5.81. The predicted octanol–water partition coefficient (Wildman–Crippen LogP) is 2.31. The van der Waals surface area contributed by atoms with Crippen LogP contribution < -0.4 is 15.2 Å². The maximum Gasteiger partial charge on any atom is 0.122 e. The second-order valence-corrected chi connectivity index (χ2v) is 2.91. The normalized spacial score (nSPS) is 11.1. The number of hydrogen-bond acceptors (Lipinski definition) is 3. The number of rotatable bonds is 4. The van der Waals surface area contributed by atoms with Gasteiger partial charge in [0.25, 0.3) is 0 Å². The molecule has 0 saturated carbocycles. The van der Waals surface area contributed by atoms with Gasteiger partial charge in [0.15, 0.2) is 0 Å². The third kappa shape index (κ3) is 3.46. The molecule has 0 aliphatic heterocycles. The van der Waals surface area contributed by atoms with Crippen molar-refractivity contribution in [2.75, 3.05) is 14.2 Å². The molecule has 0 aliphatic carbocycles. The maximum absolute atomic E-state index is 5.81. The largest absolute Gasteiger partial charge is 0.497 e. The minimum Gasteiger partial charge on any atom is -0.497 e. The van der Waals surface area contributed by atoms with Crippen LogP contribution in [0.4, 0.5) is 0 Å². The van der Waals surface area contributed by atoms with E-state index in [2.05, 4.69) is 6.58 Å². The van der Waals surface area contributed by atoms with Crippen LogP contribution in [0.25, 0.3) is 0 Å². The minimum absolute atomic E-state index is 0. The third-order valence-corrected chi connectivity index (χ3v) is 2.01. The molecule has 0 amide bonds. The second kappa shape index (κ2) is 6.32. The molecule has 1 rings (SSSR count). The van der Waals surface area contributed by atoms with Gasteiger partial charge >= 0.3 is 0 Å². The lowest BCUT2D eigenvalue weighted by Crippen LogP contribution is -2.06. The monoisotopic (exact) mass is 229 g/mol. The molecule has 0 radical (unpaired) electrons. The number of hydrogen-bond donors (Lipinski definition) is 1. The quantitative estimate of drug-likeness (QED) is 0.806. The van der Waals surface area contributed by atoms with Gasteiger partial charge in [0.05, 0.1) is 14.2 Å². The van der Waals surface area contributed by atoms with E-state index in [0.29, 0.717) is 0 Å². The summed E-state index contributed by atoms with van der Waals surface area (Å²) >= 11 is 0. The summed E-state index contributed by atoms with van der Waals surface area (Å²) in [5.74, 6) is 1.47. The van der Waals surface area contributed by atoms with Gasteiger partial charge in [-0.25, -0.2) is 0 Å². The predicted molar refractivity (Wildman–Crippen MR) is 63.9 cm³/mol. The highest BCUT2D eigenvalue weighted by Crippen LogP contribution is 2.25. The molecule has 0 fully saturated rings. The lowest BCUT2D eigenvalue weighted by Gasteiger charge is -2.11. The highest BCUT2D eigenvalue weighted by molar-refractivity contribution is 5.85. The van der Waals surface area contributed by atoms with E-state index in [1.54, 1.807) is 26.4 Å². The molecule has 0 bridgehead atoms. The zero-order valence-corrected chi connectivity index (χ0v) is 9.71. The molecule has 1 aromatic rings. The Hall–Kier alpha value is -1.19. The van der Waals surface area contributed by atoms with Crippen LogP contribution in [0, 0.1) is 0 Å². The Morgan fingerprint density at radius 1 is 1.20 bits per heavy atom. The Morgan fingerprint density at radius 2 is 1.67 bits per heavy atom. The smallest absolute Gasteiger partial charge is 0.122 e. The summed E-state index contributed by atoms with van der Waals surface area (Å²) in [6, 6.07) is 5.35. The van der Waals surface area contributed by atoms with Crippen molar-refractivity contribution in [1.29, 1.82) is 0 Å². The van der Waals surface area contributed by atoms with Gasteiger partial charge in [-0.15, -0.1) is 19.0 Å². The summed E-state index contributed by atoms with van der Waals surface area (Å²) in [5, 5.41) is 0. The molecule has 2 N–H and O–H groups in total. The van der Waals surface area contributed by atoms with Crippen molar-refractivity contribution in [2.24, 2.45) is 5.73 Å². The minimum atomic E-state index is -0.195. The van der Waals surface area contributed by atoms with Crippen LogP contribution in [-0.4, -0.2) is 14.2 Å². The highest BCUT2D eigenvalue weighted by Gasteiger charge is 2.05. The first-order chi connectivity index (χ1) is 6.71. The molecule has 84 valence electrons. The molecule has 0 spiro atoms. The van der Waals surface area contributed by atoms with Crippen LogP contribution in [0.3, 0.4) is 0 Å². The van der Waals surface area contributed by atoms with Crippen LogP contribution in [0.2, 0.25) is 0 Å². The van der Waals surface area contributed by atoms with E-state index in [1.165, 1.54) is 0 Å². The number of ether oxygens (including phenoxy) is 2. The Morgan fingerprint density at radius 3 is 2.00 bits per heavy atom. The second-order valence-electron chi connectivity index (χ2n) is 2.91. The van der Waals surface area contributed by atoms with Crippen molar-refractivity contribution in [3.8, 4) is 11.5 Å². The molecule has 0 aromatic heterocycles. The Labute approximate surface area is 96.3 Å². The first kappa shape index (κ1) is 13.8. The summed E-state index contributed by atoms with van der Waals surface area (Å²) in [5.41, 5.74) is 6.74. The van der Waals surface area contributed by atoms with Gasteiger partial charge in [0.2, 0.25) is 0 Å². The van der Waals surface area contributed by atoms with Crippen molar-refractivity contribution in [1.82, 2.24) is 0 Å². The lowest BCUT2D eigenvalue weighted by atomic mass is 10.1. The lowest BCUT2D eigenvalue weighted by molar-refractivity contribution is 0.393. The third-order valence-electron chi connectivity index (χ3n) is 2.01. The fraction of sp³-hybridized carbons (Fsp3) is 0.273. The van der Waals surface area contributed by atoms with Gasteiger partial charge < -0.3 is 15.2 Å². The molecule has 0 aliphatic rings. The Balaban J connectivity index is 0.00000196. The summed E-state index contributed by atoms with van der Waals surface area (Å²) in [6.07, 6.45) is 1.67. The van der Waals surface area contributed by atoms with Crippen LogP contribution in [0.15, 0.2) is 30.9 Å². The first-order valence-electron chi connectivity index (χ1n) is 4.32. The number of nitrogens with two attached hydrogens (primary N) is 1. The van der Waals surface area contributed by atoms with Crippen LogP contribution in [0.1, 0.15) is 11.6 Å². The number of halogens is 1. The Kier molecular flexibility index (Phi) is 5.82. The van der Waals surface area contributed by atoms with Gasteiger partial charge in [0.1, 0.15) is 11.5 Å². The average molecular weight is 230 g/mol. The van der Waals surface area contributed by atoms with Crippen molar-refractivity contribution in [3.63, 3.8) is 0 Å². The zero-order chi connectivity index (χ0) is 10.6. The SMILES string of the molecule is C=C[C@@H](N)c1cc(OC)cc(OC)c1.Cl. The van der Waals surface area contributed by atoms with Crippen molar-refractivity contribution >= 4 is 12.4 Å².